The number of rotatable bonds is 8. The van der Waals surface area contributed by atoms with Gasteiger partial charge >= 0.3 is 0 Å². The molecule has 0 aliphatic carbocycles. The van der Waals surface area contributed by atoms with E-state index in [1.165, 1.54) is 20.4 Å². The van der Waals surface area contributed by atoms with Crippen LogP contribution >= 0.6 is 0 Å². The lowest BCUT2D eigenvalue weighted by Crippen LogP contribution is -2.39. The SMILES string of the molecule is COc1ccc(/C=N\NC(=O)CN(c2ccc(C)c(C)c2)S(C)(=O)=O)cc1OC. The summed E-state index contributed by atoms with van der Waals surface area (Å²) in [5, 5.41) is 3.89. The summed E-state index contributed by atoms with van der Waals surface area (Å²) in [4.78, 5) is 12.3. The normalized spacial score (nSPS) is 11.3. The lowest BCUT2D eigenvalue weighted by Gasteiger charge is -2.22. The van der Waals surface area contributed by atoms with Gasteiger partial charge in [0, 0.05) is 0 Å². The number of hydrogen-bond acceptors (Lipinski definition) is 6. The lowest BCUT2D eigenvalue weighted by molar-refractivity contribution is -0.119. The minimum atomic E-state index is -3.65. The summed E-state index contributed by atoms with van der Waals surface area (Å²) in [7, 11) is -0.589. The Bertz CT molecular complexity index is 1020. The van der Waals surface area contributed by atoms with Gasteiger partial charge in [-0.3, -0.25) is 9.10 Å². The van der Waals surface area contributed by atoms with Crippen LogP contribution in [0.3, 0.4) is 0 Å². The predicted octanol–water partition coefficient (Wildman–Crippen LogP) is 2.24. The van der Waals surface area contributed by atoms with E-state index >= 15 is 0 Å². The maximum absolute atomic E-state index is 12.3. The van der Waals surface area contributed by atoms with Crippen molar-refractivity contribution in [3.05, 3.63) is 53.1 Å². The molecular formula is C20H25N3O5S. The van der Waals surface area contributed by atoms with Crippen LogP contribution in [-0.4, -0.2) is 47.6 Å². The maximum Gasteiger partial charge on any atom is 0.260 e. The van der Waals surface area contributed by atoms with Gasteiger partial charge < -0.3 is 9.47 Å². The molecule has 9 heteroatoms. The average Bonchev–Trinajstić information content (AvgIpc) is 2.67. The van der Waals surface area contributed by atoms with Gasteiger partial charge in [-0.1, -0.05) is 6.07 Å². The van der Waals surface area contributed by atoms with Crippen molar-refractivity contribution in [3.8, 4) is 11.5 Å². The first-order chi connectivity index (χ1) is 13.7. The quantitative estimate of drug-likeness (QED) is 0.523. The Morgan fingerprint density at radius 2 is 1.76 bits per heavy atom. The van der Waals surface area contributed by atoms with Crippen molar-refractivity contribution < 1.29 is 22.7 Å². The van der Waals surface area contributed by atoms with Gasteiger partial charge in [0.2, 0.25) is 10.0 Å². The number of hydrogen-bond donors (Lipinski definition) is 1. The number of ether oxygens (including phenoxy) is 2. The molecule has 0 bridgehead atoms. The molecule has 0 fully saturated rings. The number of methoxy groups -OCH3 is 2. The van der Waals surface area contributed by atoms with Crippen molar-refractivity contribution in [3.63, 3.8) is 0 Å². The molecule has 0 radical (unpaired) electrons. The van der Waals surface area contributed by atoms with Crippen molar-refractivity contribution in [2.24, 2.45) is 5.10 Å². The molecule has 0 unspecified atom stereocenters. The van der Waals surface area contributed by atoms with Crippen LogP contribution in [0.25, 0.3) is 0 Å². The van der Waals surface area contributed by atoms with Gasteiger partial charge in [0.15, 0.2) is 11.5 Å². The topological polar surface area (TPSA) is 97.3 Å². The Labute approximate surface area is 171 Å². The first kappa shape index (κ1) is 22.2. The number of amides is 1. The summed E-state index contributed by atoms with van der Waals surface area (Å²) in [5.41, 5.74) is 5.42. The molecule has 0 heterocycles. The summed E-state index contributed by atoms with van der Waals surface area (Å²) >= 11 is 0. The largest absolute Gasteiger partial charge is 0.493 e. The highest BCUT2D eigenvalue weighted by Gasteiger charge is 2.21. The minimum Gasteiger partial charge on any atom is -0.493 e. The molecule has 2 aromatic rings. The van der Waals surface area contributed by atoms with Crippen molar-refractivity contribution >= 4 is 27.8 Å². The van der Waals surface area contributed by atoms with Gasteiger partial charge in [-0.15, -0.1) is 0 Å². The molecule has 0 aliphatic rings. The van der Waals surface area contributed by atoms with Crippen LogP contribution in [0.2, 0.25) is 0 Å². The standard InChI is InChI=1S/C20H25N3O5S/c1-14-6-8-17(10-15(14)2)23(29(5,25)26)13-20(24)22-21-12-16-7-9-18(27-3)19(11-16)28-4/h6-12H,13H2,1-5H3,(H,22,24)/b21-12-. The summed E-state index contributed by atoms with van der Waals surface area (Å²) in [5.74, 6) is 0.539. The van der Waals surface area contributed by atoms with E-state index in [2.05, 4.69) is 10.5 Å². The first-order valence-electron chi connectivity index (χ1n) is 8.74. The van der Waals surface area contributed by atoms with Gasteiger partial charge in [-0.2, -0.15) is 5.10 Å². The summed E-state index contributed by atoms with van der Waals surface area (Å²) < 4.78 is 35.8. The molecule has 1 N–H and O–H groups in total. The number of hydrazone groups is 1. The van der Waals surface area contributed by atoms with Crippen molar-refractivity contribution in [2.75, 3.05) is 31.3 Å². The second-order valence-corrected chi connectivity index (χ2v) is 8.35. The molecule has 8 nitrogen and oxygen atoms in total. The molecule has 0 spiro atoms. The van der Waals surface area contributed by atoms with Gasteiger partial charge in [0.05, 0.1) is 32.4 Å². The zero-order chi connectivity index (χ0) is 21.6. The highest BCUT2D eigenvalue weighted by molar-refractivity contribution is 7.92. The number of anilines is 1. The van der Waals surface area contributed by atoms with E-state index in [-0.39, 0.29) is 6.54 Å². The fourth-order valence-corrected chi connectivity index (χ4v) is 3.41. The third-order valence-corrected chi connectivity index (χ3v) is 5.42. The first-order valence-corrected chi connectivity index (χ1v) is 10.6. The third-order valence-electron chi connectivity index (χ3n) is 4.28. The maximum atomic E-state index is 12.3. The molecule has 0 atom stereocenters. The van der Waals surface area contributed by atoms with Crippen LogP contribution in [-0.2, 0) is 14.8 Å². The van der Waals surface area contributed by atoms with Crippen LogP contribution in [0.4, 0.5) is 5.69 Å². The number of benzene rings is 2. The van der Waals surface area contributed by atoms with Crippen LogP contribution in [0.5, 0.6) is 11.5 Å². The molecule has 2 rings (SSSR count). The Morgan fingerprint density at radius 3 is 2.34 bits per heavy atom. The van der Waals surface area contributed by atoms with E-state index < -0.39 is 15.9 Å². The highest BCUT2D eigenvalue weighted by atomic mass is 32.2. The zero-order valence-corrected chi connectivity index (χ0v) is 17.9. The van der Waals surface area contributed by atoms with Crippen molar-refractivity contribution in [1.82, 2.24) is 5.43 Å². The summed E-state index contributed by atoms with van der Waals surface area (Å²) in [6, 6.07) is 10.4. The van der Waals surface area contributed by atoms with Crippen LogP contribution in [0, 0.1) is 13.8 Å². The molecule has 0 aromatic heterocycles. The fraction of sp³-hybridized carbons (Fsp3) is 0.300. The van der Waals surface area contributed by atoms with Gasteiger partial charge in [0.1, 0.15) is 6.54 Å². The Morgan fingerprint density at radius 1 is 1.07 bits per heavy atom. The van der Waals surface area contributed by atoms with Crippen molar-refractivity contribution in [2.45, 2.75) is 13.8 Å². The molecule has 0 saturated carbocycles. The molecule has 156 valence electrons. The Hall–Kier alpha value is -3.07. The van der Waals surface area contributed by atoms with Gasteiger partial charge in [-0.05, 0) is 60.9 Å². The molecule has 29 heavy (non-hydrogen) atoms. The van der Waals surface area contributed by atoms with Gasteiger partial charge in [0.25, 0.3) is 5.91 Å². The van der Waals surface area contributed by atoms with E-state index in [4.69, 9.17) is 9.47 Å². The van der Waals surface area contributed by atoms with E-state index in [9.17, 15) is 13.2 Å². The molecule has 0 saturated heterocycles. The van der Waals surface area contributed by atoms with Crippen LogP contribution in [0.15, 0.2) is 41.5 Å². The number of sulfonamides is 1. The second-order valence-electron chi connectivity index (χ2n) is 6.45. The van der Waals surface area contributed by atoms with E-state index in [1.807, 2.05) is 19.9 Å². The summed E-state index contributed by atoms with van der Waals surface area (Å²) in [6.07, 6.45) is 2.49. The number of carbonyl (C=O) groups excluding carboxylic acids is 1. The zero-order valence-electron chi connectivity index (χ0n) is 17.1. The van der Waals surface area contributed by atoms with Crippen molar-refractivity contribution in [1.29, 1.82) is 0 Å². The molecule has 1 amide bonds. The fourth-order valence-electron chi connectivity index (χ4n) is 2.56. The predicted molar refractivity (Wildman–Crippen MR) is 113 cm³/mol. The number of aryl methyl sites for hydroxylation is 2. The smallest absolute Gasteiger partial charge is 0.260 e. The average molecular weight is 420 g/mol. The highest BCUT2D eigenvalue weighted by Crippen LogP contribution is 2.26. The monoisotopic (exact) mass is 419 g/mol. The lowest BCUT2D eigenvalue weighted by atomic mass is 10.1. The minimum absolute atomic E-state index is 0.384. The number of carbonyl (C=O) groups is 1. The van der Waals surface area contributed by atoms with Crippen LogP contribution in [0.1, 0.15) is 16.7 Å². The van der Waals surface area contributed by atoms with Crippen LogP contribution < -0.4 is 19.2 Å². The van der Waals surface area contributed by atoms with Gasteiger partial charge in [-0.25, -0.2) is 13.8 Å². The Kier molecular flexibility index (Phi) is 7.22. The second kappa shape index (κ2) is 9.42. The molecule has 0 aliphatic heterocycles. The Balaban J connectivity index is 2.11. The van der Waals surface area contributed by atoms with E-state index in [0.717, 1.165) is 21.7 Å². The van der Waals surface area contributed by atoms with E-state index in [0.29, 0.717) is 22.7 Å². The van der Waals surface area contributed by atoms with E-state index in [1.54, 1.807) is 30.3 Å². The molecule has 2 aromatic carbocycles. The number of nitrogens with one attached hydrogen (secondary N) is 1. The summed E-state index contributed by atoms with van der Waals surface area (Å²) in [6.45, 7) is 3.43. The third kappa shape index (κ3) is 5.95. The molecular weight excluding hydrogens is 394 g/mol. The number of nitrogens with zero attached hydrogens (tertiary/aromatic N) is 2.